The summed E-state index contributed by atoms with van der Waals surface area (Å²) in [4.78, 5) is 15.9. The highest BCUT2D eigenvalue weighted by atomic mass is 35.5. The molecule has 0 radical (unpaired) electrons. The van der Waals surface area contributed by atoms with Crippen LogP contribution in [0.3, 0.4) is 0 Å². The number of hydrogen-bond donors (Lipinski definition) is 1. The number of imidazole rings is 1. The summed E-state index contributed by atoms with van der Waals surface area (Å²) in [5.74, 6) is 0.451. The minimum Gasteiger partial charge on any atom is -0.355 e. The molecule has 1 aliphatic carbocycles. The molecule has 94 valence electrons. The summed E-state index contributed by atoms with van der Waals surface area (Å²) < 4.78 is 1.90. The van der Waals surface area contributed by atoms with Crippen LogP contribution in [0.4, 0.5) is 0 Å². The van der Waals surface area contributed by atoms with Gasteiger partial charge in [-0.3, -0.25) is 4.79 Å². The number of amides is 1. The fourth-order valence-electron chi connectivity index (χ4n) is 1.94. The number of carbonyl (C=O) groups is 1. The molecule has 0 aromatic carbocycles. The Morgan fingerprint density at radius 3 is 3.06 bits per heavy atom. The molecule has 1 aliphatic rings. The zero-order valence-corrected chi connectivity index (χ0v) is 10.7. The van der Waals surface area contributed by atoms with Gasteiger partial charge in [0.1, 0.15) is 5.65 Å². The molecule has 1 saturated carbocycles. The lowest BCUT2D eigenvalue weighted by Gasteiger charge is -2.01. The molecule has 1 amide bonds. The SMILES string of the molecule is O=C(NCCc1cn2cc(Cl)ccc2n1)C1CC1. The van der Waals surface area contributed by atoms with Crippen LogP contribution in [0.25, 0.3) is 5.65 Å². The highest BCUT2D eigenvalue weighted by Crippen LogP contribution is 2.28. The van der Waals surface area contributed by atoms with Crippen LogP contribution in [0.5, 0.6) is 0 Å². The third-order valence-corrected chi connectivity index (χ3v) is 3.32. The van der Waals surface area contributed by atoms with Crippen LogP contribution >= 0.6 is 11.6 Å². The summed E-state index contributed by atoms with van der Waals surface area (Å²) in [6.07, 6.45) is 6.61. The van der Waals surface area contributed by atoms with E-state index in [0.29, 0.717) is 11.6 Å². The Morgan fingerprint density at radius 2 is 2.28 bits per heavy atom. The Hall–Kier alpha value is -1.55. The summed E-state index contributed by atoms with van der Waals surface area (Å²) in [5, 5.41) is 3.62. The van der Waals surface area contributed by atoms with Crippen LogP contribution in [0.1, 0.15) is 18.5 Å². The maximum atomic E-state index is 11.5. The first-order valence-electron chi connectivity index (χ1n) is 6.13. The van der Waals surface area contributed by atoms with Gasteiger partial charge in [0.25, 0.3) is 0 Å². The van der Waals surface area contributed by atoms with Crippen molar-refractivity contribution in [2.75, 3.05) is 6.54 Å². The predicted molar refractivity (Wildman–Crippen MR) is 69.6 cm³/mol. The molecule has 5 heteroatoms. The van der Waals surface area contributed by atoms with Gasteiger partial charge < -0.3 is 9.72 Å². The number of nitrogens with zero attached hydrogens (tertiary/aromatic N) is 2. The number of fused-ring (bicyclic) bond motifs is 1. The lowest BCUT2D eigenvalue weighted by molar-refractivity contribution is -0.122. The van der Waals surface area contributed by atoms with Gasteiger partial charge in [0.2, 0.25) is 5.91 Å². The van der Waals surface area contributed by atoms with Gasteiger partial charge in [0.15, 0.2) is 0 Å². The van der Waals surface area contributed by atoms with Gasteiger partial charge in [-0.2, -0.15) is 0 Å². The van der Waals surface area contributed by atoms with Crippen molar-refractivity contribution in [2.24, 2.45) is 5.92 Å². The van der Waals surface area contributed by atoms with Crippen LogP contribution in [0, 0.1) is 5.92 Å². The summed E-state index contributed by atoms with van der Waals surface area (Å²) in [6, 6.07) is 3.71. The Labute approximate surface area is 110 Å². The Balaban J connectivity index is 1.61. The Bertz CT molecular complexity index is 589. The smallest absolute Gasteiger partial charge is 0.223 e. The molecule has 1 fully saturated rings. The number of aromatic nitrogens is 2. The summed E-state index contributed by atoms with van der Waals surface area (Å²) in [5.41, 5.74) is 1.84. The van der Waals surface area contributed by atoms with E-state index in [9.17, 15) is 4.79 Å². The summed E-state index contributed by atoms with van der Waals surface area (Å²) >= 11 is 5.91. The lowest BCUT2D eigenvalue weighted by Crippen LogP contribution is -2.26. The number of pyridine rings is 1. The van der Waals surface area contributed by atoms with Gasteiger partial charge in [0, 0.05) is 31.3 Å². The zero-order chi connectivity index (χ0) is 12.5. The molecule has 0 aliphatic heterocycles. The van der Waals surface area contributed by atoms with Gasteiger partial charge in [0.05, 0.1) is 10.7 Å². The van der Waals surface area contributed by atoms with Gasteiger partial charge in [-0.1, -0.05) is 11.6 Å². The third kappa shape index (κ3) is 2.48. The Kier molecular flexibility index (Phi) is 2.96. The molecule has 2 aromatic heterocycles. The number of rotatable bonds is 4. The van der Waals surface area contributed by atoms with E-state index in [4.69, 9.17) is 11.6 Å². The molecule has 1 N–H and O–H groups in total. The number of halogens is 1. The van der Waals surface area contributed by atoms with Crippen LogP contribution in [0.15, 0.2) is 24.5 Å². The molecule has 0 bridgehead atoms. The van der Waals surface area contributed by atoms with Crippen LogP contribution in [-0.2, 0) is 11.2 Å². The quantitative estimate of drug-likeness (QED) is 0.918. The molecule has 3 rings (SSSR count). The molecule has 0 saturated heterocycles. The van der Waals surface area contributed by atoms with Crippen molar-refractivity contribution in [3.63, 3.8) is 0 Å². The van der Waals surface area contributed by atoms with Crippen molar-refractivity contribution in [2.45, 2.75) is 19.3 Å². The van der Waals surface area contributed by atoms with Crippen molar-refractivity contribution in [1.82, 2.24) is 14.7 Å². The average Bonchev–Trinajstić information content (AvgIpc) is 3.11. The van der Waals surface area contributed by atoms with Crippen molar-refractivity contribution < 1.29 is 4.79 Å². The van der Waals surface area contributed by atoms with E-state index < -0.39 is 0 Å². The fourth-order valence-corrected chi connectivity index (χ4v) is 2.11. The van der Waals surface area contributed by atoms with Crippen molar-refractivity contribution in [3.05, 3.63) is 35.2 Å². The van der Waals surface area contributed by atoms with Gasteiger partial charge >= 0.3 is 0 Å². The van der Waals surface area contributed by atoms with Gasteiger partial charge in [-0.15, -0.1) is 0 Å². The minimum atomic E-state index is 0.182. The number of hydrogen-bond acceptors (Lipinski definition) is 2. The van der Waals surface area contributed by atoms with Crippen LogP contribution < -0.4 is 5.32 Å². The molecule has 0 unspecified atom stereocenters. The first kappa shape index (κ1) is 11.5. The first-order chi connectivity index (χ1) is 8.72. The second-order valence-corrected chi connectivity index (χ2v) is 5.10. The normalized spacial score (nSPS) is 14.9. The summed E-state index contributed by atoms with van der Waals surface area (Å²) in [6.45, 7) is 0.646. The van der Waals surface area contributed by atoms with E-state index in [1.807, 2.05) is 28.9 Å². The van der Waals surface area contributed by atoms with Gasteiger partial charge in [-0.05, 0) is 25.0 Å². The fraction of sp³-hybridized carbons (Fsp3) is 0.385. The maximum absolute atomic E-state index is 11.5. The molecule has 2 aromatic rings. The van der Waals surface area contributed by atoms with Crippen LogP contribution in [-0.4, -0.2) is 21.8 Å². The first-order valence-corrected chi connectivity index (χ1v) is 6.51. The molecule has 18 heavy (non-hydrogen) atoms. The van der Waals surface area contributed by atoms with E-state index in [1.165, 1.54) is 0 Å². The second-order valence-electron chi connectivity index (χ2n) is 4.66. The molecular formula is C13H14ClN3O. The standard InChI is InChI=1S/C13H14ClN3O/c14-10-3-4-12-16-11(8-17(12)7-10)5-6-15-13(18)9-1-2-9/h3-4,7-9H,1-2,5-6H2,(H,15,18). The zero-order valence-electron chi connectivity index (χ0n) is 9.90. The topological polar surface area (TPSA) is 46.4 Å². The molecule has 2 heterocycles. The van der Waals surface area contributed by atoms with E-state index in [0.717, 1.165) is 30.6 Å². The maximum Gasteiger partial charge on any atom is 0.223 e. The molecule has 0 atom stereocenters. The lowest BCUT2D eigenvalue weighted by atomic mass is 10.3. The van der Waals surface area contributed by atoms with Crippen LogP contribution in [0.2, 0.25) is 5.02 Å². The van der Waals surface area contributed by atoms with Crippen molar-refractivity contribution >= 4 is 23.2 Å². The molecule has 4 nitrogen and oxygen atoms in total. The van der Waals surface area contributed by atoms with Crippen molar-refractivity contribution in [3.8, 4) is 0 Å². The largest absolute Gasteiger partial charge is 0.355 e. The van der Waals surface area contributed by atoms with E-state index >= 15 is 0 Å². The van der Waals surface area contributed by atoms with E-state index in [2.05, 4.69) is 10.3 Å². The van der Waals surface area contributed by atoms with Gasteiger partial charge in [-0.25, -0.2) is 4.98 Å². The third-order valence-electron chi connectivity index (χ3n) is 3.09. The highest BCUT2D eigenvalue weighted by molar-refractivity contribution is 6.30. The summed E-state index contributed by atoms with van der Waals surface area (Å²) in [7, 11) is 0. The van der Waals surface area contributed by atoms with Crippen molar-refractivity contribution in [1.29, 1.82) is 0 Å². The molecule has 0 spiro atoms. The number of nitrogens with one attached hydrogen (secondary N) is 1. The second kappa shape index (κ2) is 4.61. The molecular weight excluding hydrogens is 250 g/mol. The predicted octanol–water partition coefficient (Wildman–Crippen LogP) is 2.06. The highest BCUT2D eigenvalue weighted by Gasteiger charge is 2.28. The monoisotopic (exact) mass is 263 g/mol. The number of carbonyl (C=O) groups excluding carboxylic acids is 1. The minimum absolute atomic E-state index is 0.182. The average molecular weight is 264 g/mol. The Morgan fingerprint density at radius 1 is 1.44 bits per heavy atom. The van der Waals surface area contributed by atoms with E-state index in [-0.39, 0.29) is 11.8 Å². The van der Waals surface area contributed by atoms with E-state index in [1.54, 1.807) is 0 Å².